The van der Waals surface area contributed by atoms with E-state index < -0.39 is 0 Å². The predicted octanol–water partition coefficient (Wildman–Crippen LogP) is 3.03. The van der Waals surface area contributed by atoms with Crippen molar-refractivity contribution >= 4 is 0 Å². The van der Waals surface area contributed by atoms with Crippen LogP contribution in [0.4, 0.5) is 4.39 Å². The molecule has 0 atom stereocenters. The molecule has 13 heavy (non-hydrogen) atoms. The molecule has 0 bridgehead atoms. The standard InChI is InChI=1S/C11H16FN/c1-3-6-11(9-10(2)12)13-7-4-5-8-13/h3,6,9H,2,4-5,7-8H2,1H3/b6-3-,11-9+. The fourth-order valence-electron chi connectivity index (χ4n) is 1.55. The zero-order valence-electron chi connectivity index (χ0n) is 8.09. The van der Waals surface area contributed by atoms with Gasteiger partial charge in [0.15, 0.2) is 0 Å². The van der Waals surface area contributed by atoms with Crippen LogP contribution in [-0.4, -0.2) is 18.0 Å². The van der Waals surface area contributed by atoms with Crippen LogP contribution >= 0.6 is 0 Å². The number of rotatable bonds is 3. The van der Waals surface area contributed by atoms with Crippen molar-refractivity contribution < 1.29 is 4.39 Å². The summed E-state index contributed by atoms with van der Waals surface area (Å²) in [4.78, 5) is 2.19. The molecule has 1 aliphatic rings. The Morgan fingerprint density at radius 1 is 1.38 bits per heavy atom. The smallest absolute Gasteiger partial charge is 0.118 e. The molecule has 0 unspecified atom stereocenters. The average molecular weight is 181 g/mol. The highest BCUT2D eigenvalue weighted by atomic mass is 19.1. The molecule has 0 radical (unpaired) electrons. The lowest BCUT2D eigenvalue weighted by Crippen LogP contribution is -2.17. The van der Waals surface area contributed by atoms with Gasteiger partial charge in [-0.05, 0) is 31.9 Å². The van der Waals surface area contributed by atoms with Crippen LogP contribution in [0.15, 0.2) is 36.3 Å². The van der Waals surface area contributed by atoms with Gasteiger partial charge < -0.3 is 4.90 Å². The second-order valence-corrected chi connectivity index (χ2v) is 3.21. The van der Waals surface area contributed by atoms with Crippen LogP contribution in [-0.2, 0) is 0 Å². The number of nitrogens with zero attached hydrogens (tertiary/aromatic N) is 1. The van der Waals surface area contributed by atoms with Gasteiger partial charge in [0.1, 0.15) is 5.83 Å². The third kappa shape index (κ3) is 3.05. The molecule has 0 aromatic rings. The summed E-state index contributed by atoms with van der Waals surface area (Å²) in [5.41, 5.74) is 0.938. The van der Waals surface area contributed by atoms with Crippen LogP contribution in [0.25, 0.3) is 0 Å². The summed E-state index contributed by atoms with van der Waals surface area (Å²) in [5.74, 6) is -0.375. The fraction of sp³-hybridized carbons (Fsp3) is 0.455. The number of likely N-dealkylation sites (tertiary alicyclic amines) is 1. The van der Waals surface area contributed by atoms with Crippen molar-refractivity contribution in [2.45, 2.75) is 19.8 Å². The molecule has 0 aromatic carbocycles. The molecule has 72 valence electrons. The van der Waals surface area contributed by atoms with Crippen LogP contribution in [0.3, 0.4) is 0 Å². The van der Waals surface area contributed by atoms with Gasteiger partial charge in [-0.15, -0.1) is 0 Å². The van der Waals surface area contributed by atoms with Gasteiger partial charge in [-0.2, -0.15) is 0 Å². The summed E-state index contributed by atoms with van der Waals surface area (Å²) in [6.07, 6.45) is 7.75. The largest absolute Gasteiger partial charge is 0.371 e. The van der Waals surface area contributed by atoms with Gasteiger partial charge in [0, 0.05) is 18.8 Å². The van der Waals surface area contributed by atoms with E-state index in [0.717, 1.165) is 18.8 Å². The van der Waals surface area contributed by atoms with Gasteiger partial charge in [0.05, 0.1) is 0 Å². The number of halogens is 1. The lowest BCUT2D eigenvalue weighted by Gasteiger charge is -2.18. The highest BCUT2D eigenvalue weighted by Crippen LogP contribution is 2.17. The zero-order chi connectivity index (χ0) is 9.68. The summed E-state index contributed by atoms with van der Waals surface area (Å²) in [6, 6.07) is 0. The minimum absolute atomic E-state index is 0.375. The van der Waals surface area contributed by atoms with Crippen LogP contribution < -0.4 is 0 Å². The molecule has 1 saturated heterocycles. The maximum absolute atomic E-state index is 12.6. The van der Waals surface area contributed by atoms with Crippen molar-refractivity contribution in [3.05, 3.63) is 36.3 Å². The molecule has 2 heteroatoms. The van der Waals surface area contributed by atoms with Gasteiger partial charge in [-0.25, -0.2) is 4.39 Å². The predicted molar refractivity (Wildman–Crippen MR) is 54.0 cm³/mol. The van der Waals surface area contributed by atoms with Crippen LogP contribution in [0, 0.1) is 0 Å². The molecule has 1 heterocycles. The maximum Gasteiger partial charge on any atom is 0.118 e. The molecule has 0 N–H and O–H groups in total. The van der Waals surface area contributed by atoms with E-state index in [2.05, 4.69) is 11.5 Å². The first kappa shape index (κ1) is 10.0. The summed E-state index contributed by atoms with van der Waals surface area (Å²) in [7, 11) is 0. The van der Waals surface area contributed by atoms with E-state index in [1.165, 1.54) is 18.9 Å². The highest BCUT2D eigenvalue weighted by molar-refractivity contribution is 5.24. The van der Waals surface area contributed by atoms with Crippen molar-refractivity contribution in [1.29, 1.82) is 0 Å². The van der Waals surface area contributed by atoms with Crippen LogP contribution in [0.5, 0.6) is 0 Å². The Bertz CT molecular complexity index is 234. The van der Waals surface area contributed by atoms with E-state index in [1.807, 2.05) is 19.1 Å². The van der Waals surface area contributed by atoms with Crippen molar-refractivity contribution in [3.63, 3.8) is 0 Å². The second-order valence-electron chi connectivity index (χ2n) is 3.21. The Morgan fingerprint density at radius 2 is 2.00 bits per heavy atom. The molecule has 0 aromatic heterocycles. The maximum atomic E-state index is 12.6. The Labute approximate surface area is 79.2 Å². The van der Waals surface area contributed by atoms with Crippen molar-refractivity contribution in [2.24, 2.45) is 0 Å². The Morgan fingerprint density at radius 3 is 2.46 bits per heavy atom. The van der Waals surface area contributed by atoms with E-state index in [4.69, 9.17) is 0 Å². The molecule has 1 fully saturated rings. The normalized spacial score (nSPS) is 18.6. The first-order chi connectivity index (χ1) is 6.24. The minimum Gasteiger partial charge on any atom is -0.371 e. The summed E-state index contributed by atoms with van der Waals surface area (Å²) < 4.78 is 12.6. The molecular formula is C11H16FN. The number of hydrogen-bond donors (Lipinski definition) is 0. The van der Waals surface area contributed by atoms with Crippen molar-refractivity contribution in [2.75, 3.05) is 13.1 Å². The first-order valence-corrected chi connectivity index (χ1v) is 4.68. The number of allylic oxidation sites excluding steroid dienone is 4. The third-order valence-electron chi connectivity index (χ3n) is 2.11. The van der Waals surface area contributed by atoms with Gasteiger partial charge in [-0.3, -0.25) is 0 Å². The average Bonchev–Trinajstić information content (AvgIpc) is 2.54. The molecular weight excluding hydrogens is 165 g/mol. The van der Waals surface area contributed by atoms with E-state index in [0.29, 0.717) is 0 Å². The molecule has 0 saturated carbocycles. The topological polar surface area (TPSA) is 3.24 Å². The lowest BCUT2D eigenvalue weighted by molar-refractivity contribution is 0.438. The minimum atomic E-state index is -0.375. The lowest BCUT2D eigenvalue weighted by atomic mass is 10.3. The van der Waals surface area contributed by atoms with Gasteiger partial charge in [0.2, 0.25) is 0 Å². The Balaban J connectivity index is 2.71. The van der Waals surface area contributed by atoms with Crippen molar-refractivity contribution in [3.8, 4) is 0 Å². The molecule has 0 amide bonds. The first-order valence-electron chi connectivity index (χ1n) is 4.68. The SMILES string of the molecule is C=C(F)/C=C(\C=C/C)N1CCCC1. The van der Waals surface area contributed by atoms with E-state index in [1.54, 1.807) is 0 Å². The molecule has 1 aliphatic heterocycles. The third-order valence-corrected chi connectivity index (χ3v) is 2.11. The highest BCUT2D eigenvalue weighted by Gasteiger charge is 2.12. The van der Waals surface area contributed by atoms with E-state index in [9.17, 15) is 4.39 Å². The molecule has 0 spiro atoms. The Hall–Kier alpha value is -1.05. The summed E-state index contributed by atoms with van der Waals surface area (Å²) in [5, 5.41) is 0. The van der Waals surface area contributed by atoms with E-state index >= 15 is 0 Å². The second kappa shape index (κ2) is 4.85. The van der Waals surface area contributed by atoms with Crippen molar-refractivity contribution in [1.82, 2.24) is 4.90 Å². The Kier molecular flexibility index (Phi) is 3.74. The van der Waals surface area contributed by atoms with Gasteiger partial charge in [-0.1, -0.05) is 12.7 Å². The monoisotopic (exact) mass is 181 g/mol. The van der Waals surface area contributed by atoms with Gasteiger partial charge in [0.25, 0.3) is 0 Å². The zero-order valence-corrected chi connectivity index (χ0v) is 8.09. The fourth-order valence-corrected chi connectivity index (χ4v) is 1.55. The summed E-state index contributed by atoms with van der Waals surface area (Å²) in [6.45, 7) is 7.24. The van der Waals surface area contributed by atoms with E-state index in [-0.39, 0.29) is 5.83 Å². The van der Waals surface area contributed by atoms with Crippen LogP contribution in [0.1, 0.15) is 19.8 Å². The molecule has 0 aliphatic carbocycles. The van der Waals surface area contributed by atoms with Crippen LogP contribution in [0.2, 0.25) is 0 Å². The summed E-state index contributed by atoms with van der Waals surface area (Å²) >= 11 is 0. The number of hydrogen-bond acceptors (Lipinski definition) is 1. The molecule has 1 rings (SSSR count). The van der Waals surface area contributed by atoms with Gasteiger partial charge >= 0.3 is 0 Å². The molecule has 1 nitrogen and oxygen atoms in total. The quantitative estimate of drug-likeness (QED) is 0.605.